The summed E-state index contributed by atoms with van der Waals surface area (Å²) in [5.74, 6) is 0. The van der Waals surface area contributed by atoms with E-state index in [0.29, 0.717) is 36.4 Å². The molecule has 0 radical (unpaired) electrons. The van der Waals surface area contributed by atoms with Crippen LogP contribution in [0, 0.1) is 0 Å². The molecule has 0 saturated heterocycles. The third-order valence-electron chi connectivity index (χ3n) is 2.35. The summed E-state index contributed by atoms with van der Waals surface area (Å²) in [6.07, 6.45) is 1.54. The van der Waals surface area contributed by atoms with E-state index >= 15 is 0 Å². The summed E-state index contributed by atoms with van der Waals surface area (Å²) in [6.45, 7) is 0. The molecule has 0 heterocycles. The molecule has 2 aromatic rings. The van der Waals surface area contributed by atoms with Gasteiger partial charge in [-0.05, 0) is 24.3 Å². The van der Waals surface area contributed by atoms with E-state index in [-0.39, 0.29) is 0 Å². The largest absolute Gasteiger partial charge is 0.275 e. The van der Waals surface area contributed by atoms with Gasteiger partial charge in [0.1, 0.15) is 0 Å². The number of anilines is 1. The first-order chi connectivity index (χ1) is 9.47. The van der Waals surface area contributed by atoms with Gasteiger partial charge in [-0.3, -0.25) is 5.43 Å². The second-order valence-corrected chi connectivity index (χ2v) is 5.87. The molecule has 1 N–H and O–H groups in total. The molecule has 0 aromatic heterocycles. The Morgan fingerprint density at radius 3 is 2.00 bits per heavy atom. The first-order valence-corrected chi connectivity index (χ1v) is 7.25. The molecule has 0 atom stereocenters. The van der Waals surface area contributed by atoms with E-state index in [1.54, 1.807) is 36.5 Å². The number of halogens is 5. The predicted octanol–water partition coefficient (Wildman–Crippen LogP) is 6.40. The van der Waals surface area contributed by atoms with Crippen molar-refractivity contribution in [3.05, 3.63) is 61.0 Å². The maximum absolute atomic E-state index is 6.02. The number of hydrogen-bond donors (Lipinski definition) is 1. The molecule has 20 heavy (non-hydrogen) atoms. The smallest absolute Gasteiger partial charge is 0.0935 e. The van der Waals surface area contributed by atoms with Crippen molar-refractivity contribution in [2.24, 2.45) is 5.10 Å². The van der Waals surface area contributed by atoms with Crippen molar-refractivity contribution in [1.29, 1.82) is 0 Å². The van der Waals surface area contributed by atoms with E-state index in [4.69, 9.17) is 58.0 Å². The lowest BCUT2D eigenvalue weighted by Gasteiger charge is -2.06. The zero-order valence-electron chi connectivity index (χ0n) is 9.80. The van der Waals surface area contributed by atoms with Gasteiger partial charge in [-0.25, -0.2) is 0 Å². The molecule has 0 bridgehead atoms. The van der Waals surface area contributed by atoms with Crippen molar-refractivity contribution >= 4 is 69.9 Å². The minimum absolute atomic E-state index is 0.377. The van der Waals surface area contributed by atoms with Gasteiger partial charge in [-0.15, -0.1) is 0 Å². The van der Waals surface area contributed by atoms with E-state index in [1.807, 2.05) is 0 Å². The van der Waals surface area contributed by atoms with Crippen molar-refractivity contribution in [3.63, 3.8) is 0 Å². The Labute approximate surface area is 141 Å². The fourth-order valence-electron chi connectivity index (χ4n) is 1.42. The lowest BCUT2D eigenvalue weighted by Crippen LogP contribution is -1.93. The Hall–Kier alpha value is -0.640. The molecule has 104 valence electrons. The van der Waals surface area contributed by atoms with E-state index in [9.17, 15) is 0 Å². The lowest BCUT2D eigenvalue weighted by atomic mass is 10.2. The Morgan fingerprint density at radius 1 is 0.800 bits per heavy atom. The molecular weight excluding hydrogens is 361 g/mol. The van der Waals surface area contributed by atoms with Crippen LogP contribution in [-0.2, 0) is 0 Å². The van der Waals surface area contributed by atoms with Crippen molar-refractivity contribution in [1.82, 2.24) is 0 Å². The first kappa shape index (κ1) is 15.7. The number of benzene rings is 2. The van der Waals surface area contributed by atoms with Gasteiger partial charge in [0, 0.05) is 15.6 Å². The number of hydrogen-bond acceptors (Lipinski definition) is 2. The molecule has 7 heteroatoms. The zero-order valence-corrected chi connectivity index (χ0v) is 13.6. The van der Waals surface area contributed by atoms with Gasteiger partial charge >= 0.3 is 0 Å². The van der Waals surface area contributed by atoms with Gasteiger partial charge in [-0.1, -0.05) is 64.1 Å². The van der Waals surface area contributed by atoms with Crippen molar-refractivity contribution < 1.29 is 0 Å². The van der Waals surface area contributed by atoms with E-state index in [2.05, 4.69) is 10.5 Å². The molecule has 0 spiro atoms. The highest BCUT2D eigenvalue weighted by Gasteiger charge is 2.06. The van der Waals surface area contributed by atoms with Crippen LogP contribution in [0.1, 0.15) is 5.56 Å². The normalized spacial score (nSPS) is 11.1. The second kappa shape index (κ2) is 6.88. The third-order valence-corrected chi connectivity index (χ3v) is 3.73. The third kappa shape index (κ3) is 3.94. The molecule has 0 fully saturated rings. The van der Waals surface area contributed by atoms with Crippen LogP contribution >= 0.6 is 58.0 Å². The van der Waals surface area contributed by atoms with E-state index in [0.717, 1.165) is 0 Å². The van der Waals surface area contributed by atoms with Crippen LogP contribution in [0.2, 0.25) is 25.1 Å². The summed E-state index contributed by atoms with van der Waals surface area (Å²) in [5, 5.41) is 6.30. The van der Waals surface area contributed by atoms with Crippen LogP contribution in [-0.4, -0.2) is 6.21 Å². The van der Waals surface area contributed by atoms with Gasteiger partial charge in [0.25, 0.3) is 0 Å². The summed E-state index contributed by atoms with van der Waals surface area (Å²) < 4.78 is 0. The minimum Gasteiger partial charge on any atom is -0.275 e. The van der Waals surface area contributed by atoms with Crippen LogP contribution in [0.25, 0.3) is 0 Å². The standard InChI is InChI=1S/C13H7Cl5N2/c14-8-2-1-7(10(16)3-8)6-19-20-13-11(17)4-9(15)5-12(13)18/h1-6,20H/b19-6-. The van der Waals surface area contributed by atoms with Gasteiger partial charge in [0.15, 0.2) is 0 Å². The summed E-state index contributed by atoms with van der Waals surface area (Å²) in [4.78, 5) is 0. The summed E-state index contributed by atoms with van der Waals surface area (Å²) in [6, 6.07) is 8.24. The number of nitrogens with one attached hydrogen (secondary N) is 1. The maximum Gasteiger partial charge on any atom is 0.0935 e. The summed E-state index contributed by atoms with van der Waals surface area (Å²) in [5.41, 5.74) is 3.94. The number of hydrazone groups is 1. The Bertz CT molecular complexity index is 647. The highest BCUT2D eigenvalue weighted by Crippen LogP contribution is 2.33. The molecule has 0 aliphatic heterocycles. The van der Waals surface area contributed by atoms with Gasteiger partial charge < -0.3 is 0 Å². The molecule has 0 saturated carbocycles. The molecule has 0 aliphatic carbocycles. The van der Waals surface area contributed by atoms with Crippen LogP contribution in [0.15, 0.2) is 35.4 Å². The SMILES string of the molecule is Clc1ccc(/C=N\Nc2c(Cl)cc(Cl)cc2Cl)c(Cl)c1. The minimum atomic E-state index is 0.377. The molecule has 0 amide bonds. The zero-order chi connectivity index (χ0) is 14.7. The Kier molecular flexibility index (Phi) is 5.42. The number of rotatable bonds is 3. The van der Waals surface area contributed by atoms with Gasteiger partial charge in [0.05, 0.1) is 27.0 Å². The van der Waals surface area contributed by atoms with Crippen molar-refractivity contribution in [2.75, 3.05) is 5.43 Å². The fraction of sp³-hybridized carbons (Fsp3) is 0. The summed E-state index contributed by atoms with van der Waals surface area (Å²) >= 11 is 29.7. The fourth-order valence-corrected chi connectivity index (χ4v) is 2.78. The molecule has 0 aliphatic rings. The highest BCUT2D eigenvalue weighted by atomic mass is 35.5. The van der Waals surface area contributed by atoms with Crippen LogP contribution in [0.3, 0.4) is 0 Å². The maximum atomic E-state index is 6.02. The first-order valence-electron chi connectivity index (χ1n) is 5.36. The molecule has 2 aromatic carbocycles. The Morgan fingerprint density at radius 2 is 1.40 bits per heavy atom. The Balaban J connectivity index is 2.18. The van der Waals surface area contributed by atoms with E-state index < -0.39 is 0 Å². The monoisotopic (exact) mass is 366 g/mol. The average Bonchev–Trinajstić information content (AvgIpc) is 2.34. The molecule has 2 nitrogen and oxygen atoms in total. The van der Waals surface area contributed by atoms with Crippen LogP contribution < -0.4 is 5.43 Å². The highest BCUT2D eigenvalue weighted by molar-refractivity contribution is 6.41. The number of nitrogens with zero attached hydrogens (tertiary/aromatic N) is 1. The lowest BCUT2D eigenvalue weighted by molar-refractivity contribution is 1.35. The molecule has 2 rings (SSSR count). The van der Waals surface area contributed by atoms with Crippen molar-refractivity contribution in [2.45, 2.75) is 0 Å². The van der Waals surface area contributed by atoms with Gasteiger partial charge in [-0.2, -0.15) is 5.10 Å². The second-order valence-electron chi connectivity index (χ2n) is 3.78. The van der Waals surface area contributed by atoms with Crippen LogP contribution in [0.4, 0.5) is 5.69 Å². The topological polar surface area (TPSA) is 24.4 Å². The van der Waals surface area contributed by atoms with Gasteiger partial charge in [0.2, 0.25) is 0 Å². The predicted molar refractivity (Wildman–Crippen MR) is 89.2 cm³/mol. The average molecular weight is 368 g/mol. The summed E-state index contributed by atoms with van der Waals surface area (Å²) in [7, 11) is 0. The molecule has 0 unspecified atom stereocenters. The quantitative estimate of drug-likeness (QED) is 0.492. The molecular formula is C13H7Cl5N2. The van der Waals surface area contributed by atoms with Crippen molar-refractivity contribution in [3.8, 4) is 0 Å². The van der Waals surface area contributed by atoms with E-state index in [1.165, 1.54) is 0 Å². The van der Waals surface area contributed by atoms with Crippen LogP contribution in [0.5, 0.6) is 0 Å².